The van der Waals surface area contributed by atoms with E-state index in [0.29, 0.717) is 12.1 Å². The van der Waals surface area contributed by atoms with Crippen LogP contribution in [0.15, 0.2) is 30.5 Å². The summed E-state index contributed by atoms with van der Waals surface area (Å²) in [4.78, 5) is 4.36. The fourth-order valence-electron chi connectivity index (χ4n) is 2.34. The molecule has 0 amide bonds. The van der Waals surface area contributed by atoms with Crippen molar-refractivity contribution in [3.8, 4) is 5.75 Å². The van der Waals surface area contributed by atoms with E-state index in [1.807, 2.05) is 20.0 Å². The molecular formula is C15H15FN4O. The molecule has 0 aliphatic carbocycles. The monoisotopic (exact) mass is 286 g/mol. The van der Waals surface area contributed by atoms with Crippen LogP contribution in [-0.4, -0.2) is 19.9 Å². The van der Waals surface area contributed by atoms with Crippen LogP contribution in [0.4, 0.5) is 10.1 Å². The van der Waals surface area contributed by atoms with Crippen LogP contribution >= 0.6 is 0 Å². The Hall–Kier alpha value is -2.63. The molecule has 0 saturated carbocycles. The van der Waals surface area contributed by atoms with Gasteiger partial charge in [0.1, 0.15) is 11.6 Å². The molecule has 2 aromatic heterocycles. The fraction of sp³-hybridized carbons (Fsp3) is 0.200. The highest BCUT2D eigenvalue weighted by Gasteiger charge is 2.07. The maximum atomic E-state index is 13.2. The third-order valence-electron chi connectivity index (χ3n) is 3.30. The van der Waals surface area contributed by atoms with Gasteiger partial charge < -0.3 is 10.4 Å². The standard InChI is InChI=1S/C15H15FN4O/c1-9-14-6-12(8-18-15(14)20(2)19-9)17-7-10-3-11(16)5-13(21)4-10/h3-6,8,17,21H,7H2,1-2H3. The predicted molar refractivity (Wildman–Crippen MR) is 78.6 cm³/mol. The first kappa shape index (κ1) is 13.4. The average molecular weight is 286 g/mol. The molecule has 0 saturated heterocycles. The lowest BCUT2D eigenvalue weighted by molar-refractivity contribution is 0.468. The predicted octanol–water partition coefficient (Wildman–Crippen LogP) is 2.73. The molecule has 2 heterocycles. The summed E-state index contributed by atoms with van der Waals surface area (Å²) in [7, 11) is 1.85. The van der Waals surface area contributed by atoms with E-state index in [4.69, 9.17) is 0 Å². The summed E-state index contributed by atoms with van der Waals surface area (Å²) in [5, 5.41) is 17.8. The molecule has 2 N–H and O–H groups in total. The third kappa shape index (κ3) is 2.65. The molecular weight excluding hydrogens is 271 g/mol. The van der Waals surface area contributed by atoms with Gasteiger partial charge in [-0.2, -0.15) is 5.10 Å². The van der Waals surface area contributed by atoms with Gasteiger partial charge in [0.15, 0.2) is 5.65 Å². The Balaban J connectivity index is 1.83. The molecule has 5 nitrogen and oxygen atoms in total. The van der Waals surface area contributed by atoms with Crippen LogP contribution in [0.2, 0.25) is 0 Å². The number of nitrogens with one attached hydrogen (secondary N) is 1. The van der Waals surface area contributed by atoms with Gasteiger partial charge in [-0.15, -0.1) is 0 Å². The van der Waals surface area contributed by atoms with Gasteiger partial charge in [0, 0.05) is 25.0 Å². The summed E-state index contributed by atoms with van der Waals surface area (Å²) in [5.41, 5.74) is 3.21. The smallest absolute Gasteiger partial charge is 0.157 e. The number of aromatic hydroxyl groups is 1. The highest BCUT2D eigenvalue weighted by molar-refractivity contribution is 5.81. The van der Waals surface area contributed by atoms with Gasteiger partial charge >= 0.3 is 0 Å². The van der Waals surface area contributed by atoms with Gasteiger partial charge in [-0.25, -0.2) is 9.37 Å². The van der Waals surface area contributed by atoms with Crippen molar-refractivity contribution in [2.45, 2.75) is 13.5 Å². The molecule has 0 atom stereocenters. The molecule has 0 fully saturated rings. The molecule has 0 spiro atoms. The van der Waals surface area contributed by atoms with Crippen molar-refractivity contribution in [3.63, 3.8) is 0 Å². The number of aryl methyl sites for hydroxylation is 2. The largest absolute Gasteiger partial charge is 0.508 e. The van der Waals surface area contributed by atoms with E-state index in [1.54, 1.807) is 10.9 Å². The number of phenolic OH excluding ortho intramolecular Hbond substituents is 1. The minimum Gasteiger partial charge on any atom is -0.508 e. The number of aromatic nitrogens is 3. The second kappa shape index (κ2) is 5.05. The van der Waals surface area contributed by atoms with E-state index < -0.39 is 5.82 Å². The van der Waals surface area contributed by atoms with E-state index in [0.717, 1.165) is 28.5 Å². The second-order valence-corrected chi connectivity index (χ2v) is 4.98. The third-order valence-corrected chi connectivity index (χ3v) is 3.30. The number of rotatable bonds is 3. The molecule has 0 bridgehead atoms. The first-order chi connectivity index (χ1) is 10.0. The van der Waals surface area contributed by atoms with Crippen molar-refractivity contribution in [3.05, 3.63) is 47.5 Å². The van der Waals surface area contributed by atoms with Crippen LogP contribution in [0.25, 0.3) is 11.0 Å². The number of nitrogens with zero attached hydrogens (tertiary/aromatic N) is 3. The number of hydrogen-bond acceptors (Lipinski definition) is 4. The summed E-state index contributed by atoms with van der Waals surface area (Å²) in [6, 6.07) is 5.95. The van der Waals surface area contributed by atoms with Crippen LogP contribution in [0.1, 0.15) is 11.3 Å². The van der Waals surface area contributed by atoms with E-state index in [1.165, 1.54) is 12.1 Å². The Bertz CT molecular complexity index is 793. The summed E-state index contributed by atoms with van der Waals surface area (Å²) in [6.45, 7) is 2.33. The van der Waals surface area contributed by atoms with E-state index >= 15 is 0 Å². The molecule has 21 heavy (non-hydrogen) atoms. The van der Waals surface area contributed by atoms with E-state index in [9.17, 15) is 9.50 Å². The molecule has 0 aliphatic rings. The van der Waals surface area contributed by atoms with Gasteiger partial charge in [0.2, 0.25) is 0 Å². The lowest BCUT2D eigenvalue weighted by Crippen LogP contribution is -2.00. The summed E-state index contributed by atoms with van der Waals surface area (Å²) in [5.74, 6) is -0.535. The second-order valence-electron chi connectivity index (χ2n) is 4.98. The minimum atomic E-state index is -0.455. The van der Waals surface area contributed by atoms with Crippen molar-refractivity contribution < 1.29 is 9.50 Å². The number of halogens is 1. The number of pyridine rings is 1. The Labute approximate surface area is 121 Å². The van der Waals surface area contributed by atoms with Gasteiger partial charge in [-0.3, -0.25) is 4.68 Å². The Morgan fingerprint density at radius 1 is 1.29 bits per heavy atom. The van der Waals surface area contributed by atoms with E-state index in [2.05, 4.69) is 15.4 Å². The number of benzene rings is 1. The van der Waals surface area contributed by atoms with Crippen molar-refractivity contribution in [1.29, 1.82) is 0 Å². The van der Waals surface area contributed by atoms with Crippen LogP contribution < -0.4 is 5.32 Å². The lowest BCUT2D eigenvalue weighted by atomic mass is 10.2. The van der Waals surface area contributed by atoms with Crippen LogP contribution in [0, 0.1) is 12.7 Å². The SMILES string of the molecule is Cc1nn(C)c2ncc(NCc3cc(O)cc(F)c3)cc12. The lowest BCUT2D eigenvalue weighted by Gasteiger charge is -2.07. The van der Waals surface area contributed by atoms with Gasteiger partial charge in [-0.1, -0.05) is 0 Å². The fourth-order valence-corrected chi connectivity index (χ4v) is 2.34. The van der Waals surface area contributed by atoms with E-state index in [-0.39, 0.29) is 5.75 Å². The maximum Gasteiger partial charge on any atom is 0.157 e. The zero-order valence-electron chi connectivity index (χ0n) is 11.8. The molecule has 0 unspecified atom stereocenters. The molecule has 108 valence electrons. The molecule has 3 rings (SSSR count). The topological polar surface area (TPSA) is 63.0 Å². The molecule has 0 radical (unpaired) electrons. The number of anilines is 1. The van der Waals surface area contributed by atoms with Crippen LogP contribution in [0.3, 0.4) is 0 Å². The van der Waals surface area contributed by atoms with Gasteiger partial charge in [0.05, 0.1) is 17.6 Å². The minimum absolute atomic E-state index is 0.0801. The Kier molecular flexibility index (Phi) is 3.21. The Morgan fingerprint density at radius 3 is 2.86 bits per heavy atom. The molecule has 0 aliphatic heterocycles. The van der Waals surface area contributed by atoms with Crippen LogP contribution in [-0.2, 0) is 13.6 Å². The zero-order chi connectivity index (χ0) is 15.0. The number of fused-ring (bicyclic) bond motifs is 1. The summed E-state index contributed by atoms with van der Waals surface area (Å²) in [6.07, 6.45) is 1.71. The first-order valence-electron chi connectivity index (χ1n) is 6.54. The first-order valence-corrected chi connectivity index (χ1v) is 6.54. The number of phenols is 1. The average Bonchev–Trinajstić information content (AvgIpc) is 2.70. The van der Waals surface area contributed by atoms with Gasteiger partial charge in [0.25, 0.3) is 0 Å². The van der Waals surface area contributed by atoms with Crippen molar-refractivity contribution >= 4 is 16.7 Å². The van der Waals surface area contributed by atoms with Gasteiger partial charge in [-0.05, 0) is 30.7 Å². The Morgan fingerprint density at radius 2 is 2.10 bits per heavy atom. The zero-order valence-corrected chi connectivity index (χ0v) is 11.8. The highest BCUT2D eigenvalue weighted by Crippen LogP contribution is 2.20. The summed E-state index contributed by atoms with van der Waals surface area (Å²) >= 11 is 0. The molecule has 6 heteroatoms. The summed E-state index contributed by atoms with van der Waals surface area (Å²) < 4.78 is 14.9. The highest BCUT2D eigenvalue weighted by atomic mass is 19.1. The normalized spacial score (nSPS) is 11.0. The molecule has 3 aromatic rings. The van der Waals surface area contributed by atoms with Crippen molar-refractivity contribution in [2.24, 2.45) is 7.05 Å². The quantitative estimate of drug-likeness (QED) is 0.777. The number of hydrogen-bond donors (Lipinski definition) is 2. The van der Waals surface area contributed by atoms with Crippen molar-refractivity contribution in [1.82, 2.24) is 14.8 Å². The molecule has 1 aromatic carbocycles. The maximum absolute atomic E-state index is 13.2. The van der Waals surface area contributed by atoms with Crippen LogP contribution in [0.5, 0.6) is 5.75 Å². The van der Waals surface area contributed by atoms with Crippen molar-refractivity contribution in [2.75, 3.05) is 5.32 Å².